The van der Waals surface area contributed by atoms with E-state index >= 15 is 0 Å². The molecular formula is C13H16BrN5O2. The summed E-state index contributed by atoms with van der Waals surface area (Å²) in [7, 11) is 0. The Labute approximate surface area is 130 Å². The average Bonchev–Trinajstić information content (AvgIpc) is 2.98. The molecule has 1 fully saturated rings. The Balaban J connectivity index is 1.71. The number of hydrogen-bond donors (Lipinski definition) is 1. The summed E-state index contributed by atoms with van der Waals surface area (Å²) in [6, 6.07) is 3.41. The summed E-state index contributed by atoms with van der Waals surface area (Å²) in [5, 5.41) is 3.97. The number of nitrogens with two attached hydrogens (primary N) is 1. The standard InChI is InChI=1S/C13H16BrN5O2/c14-9-2-1-3-16-11(9)13-17-12(18-21-13)10(15)8-19-4-6-20-7-5-19/h1-3,10H,4-8,15H2. The van der Waals surface area contributed by atoms with Crippen LogP contribution in [0.4, 0.5) is 0 Å². The molecule has 3 heterocycles. The molecule has 21 heavy (non-hydrogen) atoms. The van der Waals surface area contributed by atoms with Crippen LogP contribution in [-0.4, -0.2) is 52.9 Å². The number of ether oxygens (including phenoxy) is 1. The van der Waals surface area contributed by atoms with E-state index in [2.05, 4.69) is 36.0 Å². The van der Waals surface area contributed by atoms with Gasteiger partial charge in [0.05, 0.1) is 19.3 Å². The van der Waals surface area contributed by atoms with E-state index in [4.69, 9.17) is 15.0 Å². The molecule has 0 bridgehead atoms. The summed E-state index contributed by atoms with van der Waals surface area (Å²) in [5.41, 5.74) is 6.78. The van der Waals surface area contributed by atoms with Gasteiger partial charge in [0.15, 0.2) is 5.82 Å². The molecule has 1 atom stereocenters. The van der Waals surface area contributed by atoms with Gasteiger partial charge in [-0.25, -0.2) is 4.98 Å². The molecule has 0 aliphatic carbocycles. The van der Waals surface area contributed by atoms with Crippen LogP contribution >= 0.6 is 15.9 Å². The lowest BCUT2D eigenvalue weighted by molar-refractivity contribution is 0.0348. The average molecular weight is 354 g/mol. The van der Waals surface area contributed by atoms with Crippen molar-refractivity contribution < 1.29 is 9.26 Å². The number of rotatable bonds is 4. The van der Waals surface area contributed by atoms with Gasteiger partial charge in [0.25, 0.3) is 5.89 Å². The molecule has 7 nitrogen and oxygen atoms in total. The minimum Gasteiger partial charge on any atom is -0.379 e. The molecule has 0 amide bonds. The highest BCUT2D eigenvalue weighted by Gasteiger charge is 2.21. The van der Waals surface area contributed by atoms with Crippen molar-refractivity contribution in [2.75, 3.05) is 32.8 Å². The van der Waals surface area contributed by atoms with Gasteiger partial charge in [-0.15, -0.1) is 0 Å². The van der Waals surface area contributed by atoms with Gasteiger partial charge in [0, 0.05) is 30.3 Å². The van der Waals surface area contributed by atoms with Crippen LogP contribution in [0.1, 0.15) is 11.9 Å². The summed E-state index contributed by atoms with van der Waals surface area (Å²) < 4.78 is 11.4. The van der Waals surface area contributed by atoms with Crippen LogP contribution in [0.3, 0.4) is 0 Å². The Bertz CT molecular complexity index is 600. The third kappa shape index (κ3) is 3.46. The number of halogens is 1. The first-order valence-corrected chi connectivity index (χ1v) is 7.53. The smallest absolute Gasteiger partial charge is 0.277 e. The second kappa shape index (κ2) is 6.61. The normalized spacial score (nSPS) is 17.8. The number of morpholine rings is 1. The van der Waals surface area contributed by atoms with E-state index in [9.17, 15) is 0 Å². The predicted molar refractivity (Wildman–Crippen MR) is 79.4 cm³/mol. The van der Waals surface area contributed by atoms with Crippen molar-refractivity contribution >= 4 is 15.9 Å². The highest BCUT2D eigenvalue weighted by molar-refractivity contribution is 9.10. The first kappa shape index (κ1) is 14.6. The summed E-state index contributed by atoms with van der Waals surface area (Å²) in [4.78, 5) is 10.8. The quantitative estimate of drug-likeness (QED) is 0.883. The van der Waals surface area contributed by atoms with Crippen LogP contribution in [-0.2, 0) is 4.74 Å². The maximum Gasteiger partial charge on any atom is 0.277 e. The molecule has 2 aromatic heterocycles. The zero-order valence-corrected chi connectivity index (χ0v) is 13.0. The van der Waals surface area contributed by atoms with Gasteiger partial charge in [0.2, 0.25) is 0 Å². The lowest BCUT2D eigenvalue weighted by Gasteiger charge is -2.27. The Morgan fingerprint density at radius 3 is 2.95 bits per heavy atom. The minimum absolute atomic E-state index is 0.289. The van der Waals surface area contributed by atoms with E-state index in [-0.39, 0.29) is 6.04 Å². The number of hydrogen-bond acceptors (Lipinski definition) is 7. The molecule has 8 heteroatoms. The topological polar surface area (TPSA) is 90.3 Å². The second-order valence-electron chi connectivity index (χ2n) is 4.81. The zero-order valence-electron chi connectivity index (χ0n) is 11.4. The Morgan fingerprint density at radius 1 is 1.38 bits per heavy atom. The SMILES string of the molecule is NC(CN1CCOCC1)c1noc(-c2ncccc2Br)n1. The Hall–Kier alpha value is -1.35. The fourth-order valence-corrected chi connectivity index (χ4v) is 2.59. The first-order valence-electron chi connectivity index (χ1n) is 6.74. The van der Waals surface area contributed by atoms with Crippen molar-refractivity contribution in [2.45, 2.75) is 6.04 Å². The van der Waals surface area contributed by atoms with Crippen molar-refractivity contribution in [3.8, 4) is 11.6 Å². The van der Waals surface area contributed by atoms with Crippen LogP contribution in [0.5, 0.6) is 0 Å². The molecule has 2 N–H and O–H groups in total. The molecular weight excluding hydrogens is 338 g/mol. The van der Waals surface area contributed by atoms with Crippen LogP contribution < -0.4 is 5.73 Å². The van der Waals surface area contributed by atoms with Crippen molar-refractivity contribution in [3.05, 3.63) is 28.6 Å². The molecule has 0 saturated carbocycles. The number of nitrogens with zero attached hydrogens (tertiary/aromatic N) is 4. The van der Waals surface area contributed by atoms with Gasteiger partial charge in [-0.3, -0.25) is 4.90 Å². The molecule has 0 radical (unpaired) electrons. The zero-order chi connectivity index (χ0) is 14.7. The summed E-state index contributed by atoms with van der Waals surface area (Å²) in [6.07, 6.45) is 1.68. The molecule has 1 aliphatic rings. The fraction of sp³-hybridized carbons (Fsp3) is 0.462. The van der Waals surface area contributed by atoms with E-state index in [1.807, 2.05) is 12.1 Å². The van der Waals surface area contributed by atoms with Gasteiger partial charge in [0.1, 0.15) is 5.69 Å². The fourth-order valence-electron chi connectivity index (χ4n) is 2.17. The van der Waals surface area contributed by atoms with Crippen molar-refractivity contribution in [1.29, 1.82) is 0 Å². The maximum atomic E-state index is 6.16. The Kier molecular flexibility index (Phi) is 4.59. The summed E-state index contributed by atoms with van der Waals surface area (Å²) in [6.45, 7) is 3.93. The number of aromatic nitrogens is 3. The lowest BCUT2D eigenvalue weighted by atomic mass is 10.2. The van der Waals surface area contributed by atoms with Crippen molar-refractivity contribution in [2.24, 2.45) is 5.73 Å². The molecule has 1 saturated heterocycles. The molecule has 1 aliphatic heterocycles. The summed E-state index contributed by atoms with van der Waals surface area (Å²) >= 11 is 3.42. The maximum absolute atomic E-state index is 6.16. The molecule has 112 valence electrons. The third-order valence-electron chi connectivity index (χ3n) is 3.29. The van der Waals surface area contributed by atoms with Gasteiger partial charge in [-0.2, -0.15) is 4.98 Å². The largest absolute Gasteiger partial charge is 0.379 e. The molecule has 2 aromatic rings. The number of pyridine rings is 1. The van der Waals surface area contributed by atoms with Crippen LogP contribution in [0.2, 0.25) is 0 Å². The lowest BCUT2D eigenvalue weighted by Crippen LogP contribution is -2.40. The predicted octanol–water partition coefficient (Wildman–Crippen LogP) is 1.23. The highest BCUT2D eigenvalue weighted by Crippen LogP contribution is 2.24. The first-order chi connectivity index (χ1) is 10.2. The van der Waals surface area contributed by atoms with Gasteiger partial charge >= 0.3 is 0 Å². The minimum atomic E-state index is -0.289. The van der Waals surface area contributed by atoms with Gasteiger partial charge < -0.3 is 15.0 Å². The monoisotopic (exact) mass is 353 g/mol. The van der Waals surface area contributed by atoms with Gasteiger partial charge in [-0.1, -0.05) is 5.16 Å². The van der Waals surface area contributed by atoms with E-state index in [0.29, 0.717) is 24.0 Å². The van der Waals surface area contributed by atoms with E-state index in [1.165, 1.54) is 0 Å². The molecule has 3 rings (SSSR count). The van der Waals surface area contributed by atoms with Crippen LogP contribution in [0.25, 0.3) is 11.6 Å². The van der Waals surface area contributed by atoms with Crippen LogP contribution in [0.15, 0.2) is 27.3 Å². The Morgan fingerprint density at radius 2 is 2.19 bits per heavy atom. The second-order valence-corrected chi connectivity index (χ2v) is 5.67. The third-order valence-corrected chi connectivity index (χ3v) is 3.93. The van der Waals surface area contributed by atoms with Crippen LogP contribution in [0, 0.1) is 0 Å². The van der Waals surface area contributed by atoms with E-state index in [0.717, 1.165) is 30.8 Å². The van der Waals surface area contributed by atoms with Crippen molar-refractivity contribution in [3.63, 3.8) is 0 Å². The molecule has 0 spiro atoms. The van der Waals surface area contributed by atoms with E-state index < -0.39 is 0 Å². The molecule has 0 aromatic carbocycles. The highest BCUT2D eigenvalue weighted by atomic mass is 79.9. The van der Waals surface area contributed by atoms with Gasteiger partial charge in [-0.05, 0) is 28.1 Å². The molecule has 1 unspecified atom stereocenters. The van der Waals surface area contributed by atoms with E-state index in [1.54, 1.807) is 6.20 Å². The van der Waals surface area contributed by atoms with Crippen molar-refractivity contribution in [1.82, 2.24) is 20.0 Å². The summed E-state index contributed by atoms with van der Waals surface area (Å²) in [5.74, 6) is 0.865.